The van der Waals surface area contributed by atoms with Crippen molar-refractivity contribution in [2.24, 2.45) is 0 Å². The van der Waals surface area contributed by atoms with Gasteiger partial charge in [-0.3, -0.25) is 4.79 Å². The lowest BCUT2D eigenvalue weighted by Crippen LogP contribution is -2.50. The maximum Gasteiger partial charge on any atom is 0.421 e. The van der Waals surface area contributed by atoms with Crippen LogP contribution in [-0.4, -0.2) is 75.9 Å². The second-order valence-electron chi connectivity index (χ2n) is 10.4. The summed E-state index contributed by atoms with van der Waals surface area (Å²) >= 11 is 0. The summed E-state index contributed by atoms with van der Waals surface area (Å²) in [5, 5.41) is 10.6. The second kappa shape index (κ2) is 13.2. The number of carbonyl (C=O) groups is 1. The monoisotopic (exact) mass is 625 g/mol. The van der Waals surface area contributed by atoms with Gasteiger partial charge in [0.2, 0.25) is 17.7 Å². The Morgan fingerprint density at radius 2 is 1.64 bits per heavy atom. The van der Waals surface area contributed by atoms with Crippen LogP contribution < -0.4 is 15.0 Å². The number of carbonyl (C=O) groups excluding carboxylic acids is 1. The zero-order valence-corrected chi connectivity index (χ0v) is 23.3. The highest BCUT2D eigenvalue weighted by molar-refractivity contribution is 5.77. The molecule has 2 aliphatic rings. The van der Waals surface area contributed by atoms with Gasteiger partial charge in [-0.05, 0) is 24.8 Å². The van der Waals surface area contributed by atoms with Gasteiger partial charge in [0.15, 0.2) is 0 Å². The van der Waals surface area contributed by atoms with Crippen LogP contribution in [0.4, 0.5) is 38.1 Å². The van der Waals surface area contributed by atoms with Gasteiger partial charge in [-0.25, -0.2) is 9.97 Å². The third-order valence-corrected chi connectivity index (χ3v) is 7.37. The molecule has 1 aliphatic heterocycles. The quantitative estimate of drug-likeness (QED) is 0.342. The number of nitrogens with one attached hydrogen (secondary N) is 1. The normalized spacial score (nSPS) is 19.2. The zero-order valence-electron chi connectivity index (χ0n) is 23.3. The zero-order chi connectivity index (χ0) is 31.3. The lowest BCUT2D eigenvalue weighted by Gasteiger charge is -2.35. The number of hydrogen-bond acceptors (Lipinski definition) is 9. The number of halogens is 6. The van der Waals surface area contributed by atoms with Crippen molar-refractivity contribution in [3.05, 3.63) is 65.5 Å². The number of aromatic nitrogens is 4. The number of alkyl halides is 6. The largest absolute Gasteiger partial charge is 0.471 e. The first-order chi connectivity index (χ1) is 21.0. The number of ether oxygens (including phenoxy) is 2. The minimum atomic E-state index is -4.72. The predicted molar refractivity (Wildman–Crippen MR) is 145 cm³/mol. The van der Waals surface area contributed by atoms with E-state index in [4.69, 9.17) is 9.47 Å². The van der Waals surface area contributed by atoms with Crippen LogP contribution in [0.25, 0.3) is 0 Å². The molecule has 10 nitrogen and oxygen atoms in total. The lowest BCUT2D eigenvalue weighted by atomic mass is 10.2. The minimum absolute atomic E-state index is 0.0854. The van der Waals surface area contributed by atoms with Gasteiger partial charge in [-0.2, -0.15) is 26.3 Å². The summed E-state index contributed by atoms with van der Waals surface area (Å²) in [6.45, 7) is 0.925. The van der Waals surface area contributed by atoms with Crippen LogP contribution in [-0.2, 0) is 28.5 Å². The third-order valence-electron chi connectivity index (χ3n) is 7.37. The third kappa shape index (κ3) is 7.84. The van der Waals surface area contributed by atoms with Crippen LogP contribution >= 0.6 is 0 Å². The van der Waals surface area contributed by atoms with E-state index in [1.165, 1.54) is 0 Å². The van der Waals surface area contributed by atoms with E-state index >= 15 is 0 Å². The van der Waals surface area contributed by atoms with E-state index in [1.54, 1.807) is 40.1 Å². The Bertz CT molecular complexity index is 1400. The van der Waals surface area contributed by atoms with Gasteiger partial charge in [0.25, 0.3) is 0 Å². The second-order valence-corrected chi connectivity index (χ2v) is 10.4. The molecular formula is C28H29F6N7O3. The van der Waals surface area contributed by atoms with Gasteiger partial charge in [0.1, 0.15) is 24.6 Å². The Labute approximate surface area is 248 Å². The lowest BCUT2D eigenvalue weighted by molar-refractivity contribution is -0.140. The van der Waals surface area contributed by atoms with Crippen LogP contribution in [0.5, 0.6) is 5.88 Å². The number of nitrogens with zero attached hydrogens (tertiary/aromatic N) is 6. The molecular weight excluding hydrogens is 596 g/mol. The molecule has 1 saturated heterocycles. The van der Waals surface area contributed by atoms with E-state index in [0.29, 0.717) is 44.6 Å². The van der Waals surface area contributed by atoms with E-state index in [9.17, 15) is 31.1 Å². The average molecular weight is 626 g/mol. The summed E-state index contributed by atoms with van der Waals surface area (Å²) < 4.78 is 90.9. The van der Waals surface area contributed by atoms with E-state index in [2.05, 4.69) is 25.5 Å². The Morgan fingerprint density at radius 3 is 2.30 bits per heavy atom. The van der Waals surface area contributed by atoms with Crippen molar-refractivity contribution in [3.8, 4) is 5.88 Å². The molecule has 1 amide bonds. The average Bonchev–Trinajstić information content (AvgIpc) is 3.45. The highest BCUT2D eigenvalue weighted by Gasteiger charge is 2.37. The molecule has 1 saturated carbocycles. The van der Waals surface area contributed by atoms with Crippen molar-refractivity contribution in [2.45, 2.75) is 50.4 Å². The summed E-state index contributed by atoms with van der Waals surface area (Å²) in [5.74, 6) is -0.837. The number of rotatable bonds is 9. The summed E-state index contributed by atoms with van der Waals surface area (Å²) in [7, 11) is 0. The van der Waals surface area contributed by atoms with E-state index in [-0.39, 0.29) is 36.9 Å². The molecule has 2 aromatic heterocycles. The molecule has 5 rings (SSSR count). The summed E-state index contributed by atoms with van der Waals surface area (Å²) in [4.78, 5) is 23.7. The van der Waals surface area contributed by atoms with Crippen LogP contribution in [0.15, 0.2) is 48.8 Å². The van der Waals surface area contributed by atoms with Crippen LogP contribution in [0.1, 0.15) is 36.0 Å². The fraction of sp³-hybridized carbons (Fsp3) is 0.464. The van der Waals surface area contributed by atoms with Gasteiger partial charge in [-0.15, -0.1) is 10.2 Å². The van der Waals surface area contributed by atoms with Gasteiger partial charge in [-0.1, -0.05) is 30.3 Å². The molecule has 16 heteroatoms. The topological polar surface area (TPSA) is 106 Å². The smallest absolute Gasteiger partial charge is 0.421 e. The SMILES string of the molecule is O=C(CO[C@@H]1CCC[C@H]1Nc1cc(C(F)(F)F)c(OCc2ccccc2)nn1)N1CCN(c2ncc(C(F)(F)F)cn2)CC1. The first-order valence-electron chi connectivity index (χ1n) is 13.9. The van der Waals surface area contributed by atoms with Gasteiger partial charge in [0.05, 0.1) is 17.7 Å². The van der Waals surface area contributed by atoms with Crippen molar-refractivity contribution in [3.63, 3.8) is 0 Å². The highest BCUT2D eigenvalue weighted by atomic mass is 19.4. The number of anilines is 2. The van der Waals surface area contributed by atoms with Crippen molar-refractivity contribution in [1.82, 2.24) is 25.1 Å². The maximum atomic E-state index is 13.8. The molecule has 44 heavy (non-hydrogen) atoms. The molecule has 0 unspecified atom stereocenters. The van der Waals surface area contributed by atoms with Crippen molar-refractivity contribution in [2.75, 3.05) is 43.0 Å². The molecule has 2 atom stereocenters. The number of piperazine rings is 1. The molecule has 3 heterocycles. The molecule has 0 spiro atoms. The van der Waals surface area contributed by atoms with Gasteiger partial charge >= 0.3 is 12.4 Å². The molecule has 1 aliphatic carbocycles. The molecule has 2 fully saturated rings. The van der Waals surface area contributed by atoms with Crippen LogP contribution in [0.3, 0.4) is 0 Å². The Morgan fingerprint density at radius 1 is 0.932 bits per heavy atom. The minimum Gasteiger partial charge on any atom is -0.471 e. The summed E-state index contributed by atoms with van der Waals surface area (Å²) in [5.41, 5.74) is -1.32. The highest BCUT2D eigenvalue weighted by Crippen LogP contribution is 2.37. The number of hydrogen-bond donors (Lipinski definition) is 1. The Balaban J connectivity index is 1.12. The Hall–Kier alpha value is -4.21. The van der Waals surface area contributed by atoms with E-state index in [1.807, 2.05) is 0 Å². The Kier molecular flexibility index (Phi) is 9.36. The fourth-order valence-corrected chi connectivity index (χ4v) is 5.02. The van der Waals surface area contributed by atoms with Crippen LogP contribution in [0.2, 0.25) is 0 Å². The van der Waals surface area contributed by atoms with Crippen LogP contribution in [0, 0.1) is 0 Å². The standard InChI is InChI=1S/C28H29F6N7O3/c29-27(30,31)19-14-35-26(36-15-19)41-11-9-40(10-12-41)24(42)17-43-22-8-4-7-21(22)37-23-13-20(28(32,33)34)25(39-38-23)44-16-18-5-2-1-3-6-18/h1-3,5-6,13-15,21-22H,4,7-12,16-17H2,(H,37,38)/t21-,22-/m1/s1. The van der Waals surface area contributed by atoms with Crippen molar-refractivity contribution in [1.29, 1.82) is 0 Å². The summed E-state index contributed by atoms with van der Waals surface area (Å²) in [6, 6.07) is 9.19. The first-order valence-corrected chi connectivity index (χ1v) is 13.9. The molecule has 3 aromatic rings. The van der Waals surface area contributed by atoms with E-state index in [0.717, 1.165) is 24.9 Å². The molecule has 1 aromatic carbocycles. The van der Waals surface area contributed by atoms with Crippen molar-refractivity contribution < 1.29 is 40.6 Å². The molecule has 0 bridgehead atoms. The molecule has 1 N–H and O–H groups in total. The van der Waals surface area contributed by atoms with E-state index < -0.39 is 35.5 Å². The van der Waals surface area contributed by atoms with Gasteiger partial charge in [0, 0.05) is 44.6 Å². The molecule has 236 valence electrons. The summed E-state index contributed by atoms with van der Waals surface area (Å²) in [6.07, 6.45) is -6.31. The number of amides is 1. The first kappa shape index (κ1) is 31.2. The molecule has 0 radical (unpaired) electrons. The predicted octanol–water partition coefficient (Wildman–Crippen LogP) is 4.58. The number of benzene rings is 1. The van der Waals surface area contributed by atoms with Gasteiger partial charge < -0.3 is 24.6 Å². The fourth-order valence-electron chi connectivity index (χ4n) is 5.02. The van der Waals surface area contributed by atoms with Crippen molar-refractivity contribution >= 4 is 17.7 Å². The maximum absolute atomic E-state index is 13.8.